The van der Waals surface area contributed by atoms with E-state index in [1.54, 1.807) is 6.92 Å². The predicted molar refractivity (Wildman–Crippen MR) is 82.2 cm³/mol. The van der Waals surface area contributed by atoms with Gasteiger partial charge in [-0.3, -0.25) is 4.79 Å². The van der Waals surface area contributed by atoms with E-state index in [1.807, 2.05) is 29.2 Å². The molecule has 23 heavy (non-hydrogen) atoms. The third-order valence-corrected chi connectivity index (χ3v) is 4.56. The summed E-state index contributed by atoms with van der Waals surface area (Å²) in [5.74, 6) is 2.31. The number of para-hydroxylation sites is 1. The van der Waals surface area contributed by atoms with Crippen molar-refractivity contribution < 1.29 is 14.1 Å². The second-order valence-corrected chi connectivity index (χ2v) is 6.21. The largest absolute Gasteiger partial charge is 0.480 e. The topological polar surface area (TPSA) is 68.5 Å². The molecule has 2 aliphatic heterocycles. The van der Waals surface area contributed by atoms with Crippen molar-refractivity contribution in [2.75, 3.05) is 13.1 Å². The van der Waals surface area contributed by atoms with Crippen LogP contribution in [-0.2, 0) is 11.2 Å². The number of benzene rings is 1. The normalized spacial score (nSPS) is 23.4. The van der Waals surface area contributed by atoms with Gasteiger partial charge in [0.2, 0.25) is 5.89 Å². The molecule has 0 unspecified atom stereocenters. The van der Waals surface area contributed by atoms with E-state index in [2.05, 4.69) is 10.1 Å². The minimum absolute atomic E-state index is 0.0612. The van der Waals surface area contributed by atoms with E-state index in [0.29, 0.717) is 24.7 Å². The van der Waals surface area contributed by atoms with Crippen molar-refractivity contribution in [2.45, 2.75) is 38.2 Å². The molecule has 0 aliphatic carbocycles. The molecule has 1 aromatic carbocycles. The fraction of sp³-hybridized carbons (Fsp3) is 0.471. The van der Waals surface area contributed by atoms with Gasteiger partial charge < -0.3 is 14.2 Å². The summed E-state index contributed by atoms with van der Waals surface area (Å²) < 4.78 is 10.9. The highest BCUT2D eigenvalue weighted by atomic mass is 16.5. The van der Waals surface area contributed by atoms with E-state index in [9.17, 15) is 4.79 Å². The second-order valence-electron chi connectivity index (χ2n) is 6.21. The van der Waals surface area contributed by atoms with Crippen molar-refractivity contribution in [3.8, 4) is 5.75 Å². The molecule has 2 atom stereocenters. The van der Waals surface area contributed by atoms with Crippen molar-refractivity contribution in [1.82, 2.24) is 15.0 Å². The summed E-state index contributed by atoms with van der Waals surface area (Å²) in [6, 6.07) is 7.85. The van der Waals surface area contributed by atoms with E-state index in [4.69, 9.17) is 9.26 Å². The molecule has 1 aromatic heterocycles. The zero-order chi connectivity index (χ0) is 15.8. The molecule has 6 nitrogen and oxygen atoms in total. The van der Waals surface area contributed by atoms with Gasteiger partial charge in [-0.2, -0.15) is 4.98 Å². The highest BCUT2D eigenvalue weighted by Gasteiger charge is 2.35. The number of carbonyl (C=O) groups is 1. The zero-order valence-corrected chi connectivity index (χ0v) is 13.1. The van der Waals surface area contributed by atoms with Gasteiger partial charge in [-0.1, -0.05) is 23.4 Å². The monoisotopic (exact) mass is 313 g/mol. The van der Waals surface area contributed by atoms with Crippen LogP contribution in [0.2, 0.25) is 0 Å². The van der Waals surface area contributed by atoms with Gasteiger partial charge in [0.15, 0.2) is 11.9 Å². The summed E-state index contributed by atoms with van der Waals surface area (Å²) in [7, 11) is 0. The van der Waals surface area contributed by atoms with Gasteiger partial charge in [0, 0.05) is 32.4 Å². The number of likely N-dealkylation sites (tertiary alicyclic amines) is 1. The quantitative estimate of drug-likeness (QED) is 0.849. The fourth-order valence-electron chi connectivity index (χ4n) is 3.39. The highest BCUT2D eigenvalue weighted by molar-refractivity contribution is 5.82. The number of aromatic nitrogens is 2. The third kappa shape index (κ3) is 2.69. The Hall–Kier alpha value is -2.37. The van der Waals surface area contributed by atoms with Crippen LogP contribution in [0.3, 0.4) is 0 Å². The molecule has 0 N–H and O–H groups in total. The first kappa shape index (κ1) is 14.2. The first-order valence-electron chi connectivity index (χ1n) is 8.04. The molecule has 1 fully saturated rings. The smallest absolute Gasteiger partial charge is 0.264 e. The van der Waals surface area contributed by atoms with Crippen LogP contribution >= 0.6 is 0 Å². The number of amides is 1. The highest BCUT2D eigenvalue weighted by Crippen LogP contribution is 2.31. The number of hydrogen-bond acceptors (Lipinski definition) is 5. The van der Waals surface area contributed by atoms with Gasteiger partial charge in [0.25, 0.3) is 5.91 Å². The van der Waals surface area contributed by atoms with Gasteiger partial charge in [0.05, 0.1) is 0 Å². The minimum atomic E-state index is -0.404. The SMILES string of the molecule is Cc1nc([C@H]2CCCN(C(=O)[C@@H]3Cc4ccccc4O3)C2)no1. The van der Waals surface area contributed by atoms with E-state index < -0.39 is 6.10 Å². The van der Waals surface area contributed by atoms with Gasteiger partial charge >= 0.3 is 0 Å². The van der Waals surface area contributed by atoms with E-state index in [-0.39, 0.29) is 11.8 Å². The third-order valence-electron chi connectivity index (χ3n) is 4.56. The first-order chi connectivity index (χ1) is 11.2. The summed E-state index contributed by atoms with van der Waals surface area (Å²) in [5, 5.41) is 4.01. The molecule has 2 aliphatic rings. The Morgan fingerprint density at radius 3 is 3.00 bits per heavy atom. The summed E-state index contributed by atoms with van der Waals surface area (Å²) >= 11 is 0. The Labute approximate surface area is 134 Å². The molecule has 1 saturated heterocycles. The first-order valence-corrected chi connectivity index (χ1v) is 8.04. The van der Waals surface area contributed by atoms with Crippen LogP contribution in [0.5, 0.6) is 5.75 Å². The van der Waals surface area contributed by atoms with Crippen molar-refractivity contribution >= 4 is 5.91 Å². The van der Waals surface area contributed by atoms with Crippen LogP contribution in [0, 0.1) is 6.92 Å². The molecule has 2 aromatic rings. The zero-order valence-electron chi connectivity index (χ0n) is 13.1. The molecular formula is C17H19N3O3. The van der Waals surface area contributed by atoms with Gasteiger partial charge in [-0.15, -0.1) is 0 Å². The molecule has 3 heterocycles. The lowest BCUT2D eigenvalue weighted by Gasteiger charge is -2.32. The maximum absolute atomic E-state index is 12.8. The van der Waals surface area contributed by atoms with Gasteiger partial charge in [-0.25, -0.2) is 0 Å². The number of piperidine rings is 1. The molecule has 0 bridgehead atoms. The number of nitrogens with zero attached hydrogens (tertiary/aromatic N) is 3. The van der Waals surface area contributed by atoms with Crippen LogP contribution in [0.1, 0.15) is 36.0 Å². The average Bonchev–Trinajstić information content (AvgIpc) is 3.20. The molecule has 0 saturated carbocycles. The number of rotatable bonds is 2. The number of aryl methyl sites for hydroxylation is 1. The summed E-state index contributed by atoms with van der Waals surface area (Å²) in [6.45, 7) is 3.18. The van der Waals surface area contributed by atoms with E-state index >= 15 is 0 Å². The molecule has 4 rings (SSSR count). The summed E-state index contributed by atoms with van der Waals surface area (Å²) in [5.41, 5.74) is 1.10. The van der Waals surface area contributed by atoms with Crippen molar-refractivity contribution in [2.24, 2.45) is 0 Å². The van der Waals surface area contributed by atoms with Crippen molar-refractivity contribution in [3.05, 3.63) is 41.5 Å². The number of hydrogen-bond donors (Lipinski definition) is 0. The van der Waals surface area contributed by atoms with Crippen LogP contribution in [0.4, 0.5) is 0 Å². The predicted octanol–water partition coefficient (Wildman–Crippen LogP) is 2.09. The second kappa shape index (κ2) is 5.68. The average molecular weight is 313 g/mol. The Balaban J connectivity index is 1.45. The molecular weight excluding hydrogens is 294 g/mol. The van der Waals surface area contributed by atoms with Crippen LogP contribution in [0.15, 0.2) is 28.8 Å². The standard InChI is InChI=1S/C17H19N3O3/c1-11-18-16(19-23-11)13-6-4-8-20(10-13)17(21)15-9-12-5-2-3-7-14(12)22-15/h2-3,5,7,13,15H,4,6,8-10H2,1H3/t13-,15-/m0/s1. The van der Waals surface area contributed by atoms with Crippen LogP contribution in [-0.4, -0.2) is 40.1 Å². The van der Waals surface area contributed by atoms with Gasteiger partial charge in [0.1, 0.15) is 5.75 Å². The maximum atomic E-state index is 12.8. The molecule has 0 spiro atoms. The Morgan fingerprint density at radius 2 is 2.22 bits per heavy atom. The van der Waals surface area contributed by atoms with E-state index in [0.717, 1.165) is 30.7 Å². The van der Waals surface area contributed by atoms with Crippen LogP contribution < -0.4 is 4.74 Å². The maximum Gasteiger partial charge on any atom is 0.264 e. The molecule has 1 amide bonds. The number of ether oxygens (including phenoxy) is 1. The number of fused-ring (bicyclic) bond motifs is 1. The van der Waals surface area contributed by atoms with E-state index in [1.165, 1.54) is 0 Å². The van der Waals surface area contributed by atoms with Crippen molar-refractivity contribution in [1.29, 1.82) is 0 Å². The molecule has 6 heteroatoms. The Bertz CT molecular complexity index is 702. The minimum Gasteiger partial charge on any atom is -0.480 e. The lowest BCUT2D eigenvalue weighted by atomic mass is 9.96. The fourth-order valence-corrected chi connectivity index (χ4v) is 3.39. The molecule has 0 radical (unpaired) electrons. The lowest BCUT2D eigenvalue weighted by molar-refractivity contribution is -0.139. The lowest BCUT2D eigenvalue weighted by Crippen LogP contribution is -2.46. The Morgan fingerprint density at radius 1 is 1.35 bits per heavy atom. The summed E-state index contributed by atoms with van der Waals surface area (Å²) in [4.78, 5) is 19.0. The summed E-state index contributed by atoms with van der Waals surface area (Å²) in [6.07, 6.45) is 2.17. The Kier molecular flexibility index (Phi) is 3.52. The van der Waals surface area contributed by atoms with Crippen LogP contribution in [0.25, 0.3) is 0 Å². The molecule has 120 valence electrons. The number of carbonyl (C=O) groups excluding carboxylic acids is 1. The van der Waals surface area contributed by atoms with Crippen molar-refractivity contribution in [3.63, 3.8) is 0 Å². The van der Waals surface area contributed by atoms with Gasteiger partial charge in [-0.05, 0) is 24.5 Å².